The van der Waals surface area contributed by atoms with Crippen molar-refractivity contribution in [1.82, 2.24) is 4.90 Å². The Morgan fingerprint density at radius 3 is 2.86 bits per heavy atom. The van der Waals surface area contributed by atoms with E-state index in [1.54, 1.807) is 0 Å². The minimum atomic E-state index is -0.350. The first-order chi connectivity index (χ1) is 14.2. The van der Waals surface area contributed by atoms with Gasteiger partial charge in [0, 0.05) is 41.4 Å². The molecule has 2 aromatic carbocycles. The molecular formula is C23H25NO5. The second kappa shape index (κ2) is 7.35. The summed E-state index contributed by atoms with van der Waals surface area (Å²) in [5.74, 6) is 1.06. The third-order valence-corrected chi connectivity index (χ3v) is 5.82. The Bertz CT molecular complexity index is 1080. The Morgan fingerprint density at radius 2 is 2.10 bits per heavy atom. The van der Waals surface area contributed by atoms with Crippen molar-refractivity contribution in [1.29, 1.82) is 0 Å². The van der Waals surface area contributed by atoms with Crippen LogP contribution in [0.2, 0.25) is 0 Å². The fourth-order valence-electron chi connectivity index (χ4n) is 4.56. The lowest BCUT2D eigenvalue weighted by atomic mass is 9.96. The zero-order valence-corrected chi connectivity index (χ0v) is 16.8. The molecule has 152 valence electrons. The zero-order valence-electron chi connectivity index (χ0n) is 16.8. The molecule has 6 heteroatoms. The largest absolute Gasteiger partial charge is 0.477 e. The summed E-state index contributed by atoms with van der Waals surface area (Å²) in [6, 6.07) is 8.03. The van der Waals surface area contributed by atoms with Gasteiger partial charge in [0.05, 0.1) is 12.7 Å². The van der Waals surface area contributed by atoms with Crippen LogP contribution in [0.1, 0.15) is 41.4 Å². The second-order valence-electron chi connectivity index (χ2n) is 7.73. The first-order valence-electron chi connectivity index (χ1n) is 10.3. The number of nitrogens with zero attached hydrogens (tertiary/aromatic N) is 1. The van der Waals surface area contributed by atoms with Crippen LogP contribution in [0.15, 0.2) is 28.7 Å². The van der Waals surface area contributed by atoms with Gasteiger partial charge < -0.3 is 18.6 Å². The molecule has 2 aliphatic heterocycles. The Kier molecular flexibility index (Phi) is 4.68. The summed E-state index contributed by atoms with van der Waals surface area (Å²) < 4.78 is 23.5. The normalized spacial score (nSPS) is 19.4. The molecule has 1 aromatic heterocycles. The fraction of sp³-hybridized carbons (Fsp3) is 0.435. The minimum absolute atomic E-state index is 0.242. The highest BCUT2D eigenvalue weighted by molar-refractivity contribution is 6.16. The van der Waals surface area contributed by atoms with Gasteiger partial charge in [0.1, 0.15) is 29.4 Å². The summed E-state index contributed by atoms with van der Waals surface area (Å²) in [7, 11) is 0. The van der Waals surface area contributed by atoms with Crippen molar-refractivity contribution in [2.75, 3.05) is 26.5 Å². The number of hydrogen-bond acceptors (Lipinski definition) is 6. The van der Waals surface area contributed by atoms with E-state index in [0.717, 1.165) is 59.0 Å². The van der Waals surface area contributed by atoms with Crippen LogP contribution in [-0.4, -0.2) is 43.5 Å². The van der Waals surface area contributed by atoms with Crippen molar-refractivity contribution in [2.24, 2.45) is 0 Å². The predicted molar refractivity (Wildman–Crippen MR) is 109 cm³/mol. The summed E-state index contributed by atoms with van der Waals surface area (Å²) in [6.07, 6.45) is 2.43. The number of hydrogen-bond donors (Lipinski definition) is 0. The fourth-order valence-corrected chi connectivity index (χ4v) is 4.56. The van der Waals surface area contributed by atoms with Crippen LogP contribution in [0.5, 0.6) is 5.75 Å². The SMILES string of the molecule is CCOC(=O)c1c(C)oc2c1c1c(c3ccccc32)OCN(C[C@@H]2CCCO2)C1. The summed E-state index contributed by atoms with van der Waals surface area (Å²) in [4.78, 5) is 15.0. The molecule has 0 saturated carbocycles. The molecule has 0 N–H and O–H groups in total. The molecule has 0 spiro atoms. The Labute approximate surface area is 169 Å². The molecule has 0 radical (unpaired) electrons. The van der Waals surface area contributed by atoms with Gasteiger partial charge in [-0.25, -0.2) is 4.79 Å². The Morgan fingerprint density at radius 1 is 1.28 bits per heavy atom. The van der Waals surface area contributed by atoms with Gasteiger partial charge in [0.2, 0.25) is 0 Å². The summed E-state index contributed by atoms with van der Waals surface area (Å²) in [5, 5.41) is 2.77. The molecule has 0 unspecified atom stereocenters. The van der Waals surface area contributed by atoms with Gasteiger partial charge in [0.15, 0.2) is 0 Å². The first-order valence-corrected chi connectivity index (χ1v) is 10.3. The molecule has 29 heavy (non-hydrogen) atoms. The smallest absolute Gasteiger partial charge is 0.342 e. The quantitative estimate of drug-likeness (QED) is 0.610. The van der Waals surface area contributed by atoms with Crippen LogP contribution in [0, 0.1) is 6.92 Å². The number of furan rings is 1. The van der Waals surface area contributed by atoms with Gasteiger partial charge in [-0.05, 0) is 26.7 Å². The van der Waals surface area contributed by atoms with Crippen LogP contribution in [0.3, 0.4) is 0 Å². The van der Waals surface area contributed by atoms with Crippen molar-refractivity contribution in [2.45, 2.75) is 39.3 Å². The Balaban J connectivity index is 1.68. The van der Waals surface area contributed by atoms with Crippen LogP contribution in [-0.2, 0) is 16.0 Å². The van der Waals surface area contributed by atoms with E-state index in [-0.39, 0.29) is 12.1 Å². The van der Waals surface area contributed by atoms with Crippen LogP contribution in [0.4, 0.5) is 0 Å². The first kappa shape index (κ1) is 18.5. The third-order valence-electron chi connectivity index (χ3n) is 5.82. The zero-order chi connectivity index (χ0) is 20.0. The lowest BCUT2D eigenvalue weighted by Crippen LogP contribution is -2.37. The molecule has 3 heterocycles. The van der Waals surface area contributed by atoms with Crippen LogP contribution >= 0.6 is 0 Å². The average Bonchev–Trinajstić information content (AvgIpc) is 3.35. The minimum Gasteiger partial charge on any atom is -0.477 e. The molecule has 1 saturated heterocycles. The van der Waals surface area contributed by atoms with Crippen molar-refractivity contribution in [3.63, 3.8) is 0 Å². The van der Waals surface area contributed by atoms with E-state index in [1.807, 2.05) is 38.1 Å². The standard InChI is InChI=1S/C23H25NO5/c1-3-26-23(25)19-14(2)29-22-17-9-5-4-8-16(17)21-18(20(19)22)12-24(13-28-21)11-15-7-6-10-27-15/h4-5,8-9,15H,3,6-7,10-13H2,1-2H3/t15-/m0/s1. The molecule has 1 fully saturated rings. The molecule has 6 nitrogen and oxygen atoms in total. The van der Waals surface area contributed by atoms with Crippen LogP contribution in [0.25, 0.3) is 21.7 Å². The second-order valence-corrected chi connectivity index (χ2v) is 7.73. The van der Waals surface area contributed by atoms with E-state index in [2.05, 4.69) is 4.90 Å². The lowest BCUT2D eigenvalue weighted by Gasteiger charge is -2.31. The van der Waals surface area contributed by atoms with Crippen molar-refractivity contribution < 1.29 is 23.4 Å². The molecule has 3 aromatic rings. The van der Waals surface area contributed by atoms with Gasteiger partial charge in [-0.15, -0.1) is 0 Å². The summed E-state index contributed by atoms with van der Waals surface area (Å²) in [5.41, 5.74) is 2.22. The third kappa shape index (κ3) is 3.07. The highest BCUT2D eigenvalue weighted by Crippen LogP contribution is 2.44. The molecule has 0 aliphatic carbocycles. The van der Waals surface area contributed by atoms with Gasteiger partial charge in [-0.1, -0.05) is 24.3 Å². The molecule has 1 atom stereocenters. The number of ether oxygens (including phenoxy) is 3. The van der Waals surface area contributed by atoms with E-state index < -0.39 is 0 Å². The van der Waals surface area contributed by atoms with E-state index >= 15 is 0 Å². The van der Waals surface area contributed by atoms with Crippen molar-refractivity contribution >= 4 is 27.7 Å². The summed E-state index contributed by atoms with van der Waals surface area (Å²) >= 11 is 0. The number of rotatable bonds is 4. The molecule has 0 amide bonds. The predicted octanol–water partition coefficient (Wildman–Crippen LogP) is 4.40. The monoisotopic (exact) mass is 395 g/mol. The number of esters is 1. The van der Waals surface area contributed by atoms with E-state index in [9.17, 15) is 4.79 Å². The van der Waals surface area contributed by atoms with E-state index in [4.69, 9.17) is 18.6 Å². The molecule has 5 rings (SSSR count). The number of aryl methyl sites for hydroxylation is 1. The molecular weight excluding hydrogens is 370 g/mol. The number of fused-ring (bicyclic) bond motifs is 6. The molecule has 2 aliphatic rings. The number of carbonyl (C=O) groups excluding carboxylic acids is 1. The van der Waals surface area contributed by atoms with E-state index in [1.165, 1.54) is 0 Å². The van der Waals surface area contributed by atoms with Crippen molar-refractivity contribution in [3.8, 4) is 5.75 Å². The van der Waals surface area contributed by atoms with Crippen molar-refractivity contribution in [3.05, 3.63) is 41.2 Å². The Hall–Kier alpha value is -2.57. The number of carbonyl (C=O) groups is 1. The summed E-state index contributed by atoms with van der Waals surface area (Å²) in [6.45, 7) is 6.80. The lowest BCUT2D eigenvalue weighted by molar-refractivity contribution is 0.0290. The van der Waals surface area contributed by atoms with Gasteiger partial charge >= 0.3 is 5.97 Å². The average molecular weight is 395 g/mol. The maximum atomic E-state index is 12.8. The maximum Gasteiger partial charge on any atom is 0.342 e. The topological polar surface area (TPSA) is 61.1 Å². The molecule has 0 bridgehead atoms. The highest BCUT2D eigenvalue weighted by Gasteiger charge is 2.31. The van der Waals surface area contributed by atoms with Gasteiger partial charge in [-0.3, -0.25) is 4.90 Å². The van der Waals surface area contributed by atoms with Gasteiger partial charge in [0.25, 0.3) is 0 Å². The number of benzene rings is 2. The van der Waals surface area contributed by atoms with Crippen LogP contribution < -0.4 is 4.74 Å². The van der Waals surface area contributed by atoms with E-state index in [0.29, 0.717) is 31.2 Å². The van der Waals surface area contributed by atoms with Gasteiger partial charge in [-0.2, -0.15) is 0 Å². The highest BCUT2D eigenvalue weighted by atomic mass is 16.5. The maximum absolute atomic E-state index is 12.8.